The molecular formula is C12H23BrO. The van der Waals surface area contributed by atoms with Crippen LogP contribution in [-0.2, 0) is 4.74 Å². The predicted molar refractivity (Wildman–Crippen MR) is 65.0 cm³/mol. The van der Waals surface area contributed by atoms with Crippen molar-refractivity contribution in [3.63, 3.8) is 0 Å². The van der Waals surface area contributed by atoms with Crippen molar-refractivity contribution < 1.29 is 4.74 Å². The second kappa shape index (κ2) is 6.84. The summed E-state index contributed by atoms with van der Waals surface area (Å²) < 4.78 is 5.70. The first-order valence-corrected chi connectivity index (χ1v) is 7.09. The van der Waals surface area contributed by atoms with E-state index in [2.05, 4.69) is 22.9 Å². The van der Waals surface area contributed by atoms with Gasteiger partial charge in [0.15, 0.2) is 0 Å². The maximum Gasteiger partial charge on any atom is 0.0530 e. The smallest absolute Gasteiger partial charge is 0.0530 e. The molecule has 0 N–H and O–H groups in total. The molecule has 84 valence electrons. The van der Waals surface area contributed by atoms with Gasteiger partial charge in [0, 0.05) is 17.4 Å². The zero-order valence-electron chi connectivity index (χ0n) is 9.36. The van der Waals surface area contributed by atoms with Crippen molar-refractivity contribution >= 4 is 15.9 Å². The average molecular weight is 263 g/mol. The first-order chi connectivity index (χ1) is 6.83. The van der Waals surface area contributed by atoms with Crippen LogP contribution < -0.4 is 0 Å². The molecule has 2 heteroatoms. The van der Waals surface area contributed by atoms with Gasteiger partial charge in [-0.15, -0.1) is 0 Å². The van der Waals surface area contributed by atoms with Gasteiger partial charge in [-0.25, -0.2) is 0 Å². The molecule has 0 heterocycles. The van der Waals surface area contributed by atoms with Crippen molar-refractivity contribution in [1.82, 2.24) is 0 Å². The van der Waals surface area contributed by atoms with Crippen LogP contribution in [0.4, 0.5) is 0 Å². The number of alkyl halides is 1. The SMILES string of the molecule is CCCCCCCOCC1(CBr)CC1. The third-order valence-corrected chi connectivity index (χ3v) is 4.23. The van der Waals surface area contributed by atoms with Crippen LogP contribution in [0.2, 0.25) is 0 Å². The van der Waals surface area contributed by atoms with Gasteiger partial charge >= 0.3 is 0 Å². The molecule has 0 atom stereocenters. The summed E-state index contributed by atoms with van der Waals surface area (Å²) in [6, 6.07) is 0. The fraction of sp³-hybridized carbons (Fsp3) is 1.00. The van der Waals surface area contributed by atoms with Gasteiger partial charge < -0.3 is 4.74 Å². The Bertz CT molecular complexity index is 143. The molecule has 1 saturated carbocycles. The Morgan fingerprint density at radius 2 is 1.86 bits per heavy atom. The van der Waals surface area contributed by atoms with Gasteiger partial charge in [0.1, 0.15) is 0 Å². The van der Waals surface area contributed by atoms with Crippen molar-refractivity contribution in [1.29, 1.82) is 0 Å². The Labute approximate surface area is 96.7 Å². The summed E-state index contributed by atoms with van der Waals surface area (Å²) in [5, 5.41) is 1.12. The Hall–Kier alpha value is 0.440. The van der Waals surface area contributed by atoms with Gasteiger partial charge in [-0.05, 0) is 19.3 Å². The van der Waals surface area contributed by atoms with E-state index >= 15 is 0 Å². The highest BCUT2D eigenvalue weighted by Crippen LogP contribution is 2.47. The highest BCUT2D eigenvalue weighted by molar-refractivity contribution is 9.09. The molecule has 0 radical (unpaired) electrons. The van der Waals surface area contributed by atoms with Gasteiger partial charge in [-0.3, -0.25) is 0 Å². The van der Waals surface area contributed by atoms with E-state index in [1.165, 1.54) is 44.9 Å². The molecule has 0 spiro atoms. The van der Waals surface area contributed by atoms with Crippen LogP contribution >= 0.6 is 15.9 Å². The lowest BCUT2D eigenvalue weighted by Crippen LogP contribution is -2.12. The number of halogens is 1. The van der Waals surface area contributed by atoms with Gasteiger partial charge in [0.25, 0.3) is 0 Å². The minimum Gasteiger partial charge on any atom is -0.381 e. The molecule has 0 amide bonds. The lowest BCUT2D eigenvalue weighted by atomic mass is 10.1. The third-order valence-electron chi connectivity index (χ3n) is 3.04. The van der Waals surface area contributed by atoms with Crippen LogP contribution in [-0.4, -0.2) is 18.5 Å². The topological polar surface area (TPSA) is 9.23 Å². The molecule has 0 aromatic carbocycles. The summed E-state index contributed by atoms with van der Waals surface area (Å²) >= 11 is 3.56. The highest BCUT2D eigenvalue weighted by atomic mass is 79.9. The number of ether oxygens (including phenoxy) is 1. The number of hydrogen-bond donors (Lipinski definition) is 0. The number of rotatable bonds is 9. The third kappa shape index (κ3) is 4.79. The van der Waals surface area contributed by atoms with Crippen LogP contribution in [0.5, 0.6) is 0 Å². The monoisotopic (exact) mass is 262 g/mol. The molecule has 1 fully saturated rings. The minimum absolute atomic E-state index is 0.531. The summed E-state index contributed by atoms with van der Waals surface area (Å²) in [6.07, 6.45) is 9.39. The van der Waals surface area contributed by atoms with Crippen LogP contribution in [0.3, 0.4) is 0 Å². The lowest BCUT2D eigenvalue weighted by Gasteiger charge is -2.11. The minimum atomic E-state index is 0.531. The summed E-state index contributed by atoms with van der Waals surface area (Å²) in [5.74, 6) is 0. The standard InChI is InChI=1S/C12H23BrO/c1-2-3-4-5-6-9-14-11-12(10-13)7-8-12/h2-11H2,1H3. The Morgan fingerprint density at radius 3 is 2.43 bits per heavy atom. The zero-order chi connectivity index (χ0) is 10.3. The van der Waals surface area contributed by atoms with Crippen molar-refractivity contribution in [3.8, 4) is 0 Å². The molecule has 0 aromatic heterocycles. The van der Waals surface area contributed by atoms with E-state index in [4.69, 9.17) is 4.74 Å². The van der Waals surface area contributed by atoms with Crippen molar-refractivity contribution in [3.05, 3.63) is 0 Å². The Kier molecular flexibility index (Phi) is 6.11. The van der Waals surface area contributed by atoms with Crippen molar-refractivity contribution in [2.75, 3.05) is 18.5 Å². The second-order valence-corrected chi connectivity index (χ2v) is 5.16. The van der Waals surface area contributed by atoms with E-state index in [0.717, 1.165) is 18.5 Å². The second-order valence-electron chi connectivity index (χ2n) is 4.60. The van der Waals surface area contributed by atoms with Gasteiger partial charge in [-0.1, -0.05) is 48.5 Å². The van der Waals surface area contributed by atoms with Crippen LogP contribution in [0.15, 0.2) is 0 Å². The van der Waals surface area contributed by atoms with E-state index in [-0.39, 0.29) is 0 Å². The van der Waals surface area contributed by atoms with Crippen LogP contribution in [0.25, 0.3) is 0 Å². The van der Waals surface area contributed by atoms with E-state index in [1.54, 1.807) is 0 Å². The molecular weight excluding hydrogens is 240 g/mol. The Morgan fingerprint density at radius 1 is 1.14 bits per heavy atom. The highest BCUT2D eigenvalue weighted by Gasteiger charge is 2.41. The first-order valence-electron chi connectivity index (χ1n) is 5.97. The van der Waals surface area contributed by atoms with Crippen LogP contribution in [0, 0.1) is 5.41 Å². The molecule has 0 saturated heterocycles. The average Bonchev–Trinajstić information content (AvgIpc) is 2.98. The molecule has 14 heavy (non-hydrogen) atoms. The molecule has 1 nitrogen and oxygen atoms in total. The van der Waals surface area contributed by atoms with E-state index in [1.807, 2.05) is 0 Å². The summed E-state index contributed by atoms with van der Waals surface area (Å²) in [4.78, 5) is 0. The van der Waals surface area contributed by atoms with Gasteiger partial charge in [0.05, 0.1) is 6.61 Å². The van der Waals surface area contributed by atoms with Crippen molar-refractivity contribution in [2.24, 2.45) is 5.41 Å². The zero-order valence-corrected chi connectivity index (χ0v) is 10.9. The summed E-state index contributed by atoms with van der Waals surface area (Å²) in [5.41, 5.74) is 0.531. The number of unbranched alkanes of at least 4 members (excludes halogenated alkanes) is 4. The molecule has 1 rings (SSSR count). The van der Waals surface area contributed by atoms with E-state index in [9.17, 15) is 0 Å². The number of hydrogen-bond acceptors (Lipinski definition) is 1. The fourth-order valence-electron chi connectivity index (χ4n) is 1.59. The largest absolute Gasteiger partial charge is 0.381 e. The lowest BCUT2D eigenvalue weighted by molar-refractivity contribution is 0.0951. The van der Waals surface area contributed by atoms with E-state index in [0.29, 0.717) is 5.41 Å². The summed E-state index contributed by atoms with van der Waals surface area (Å²) in [7, 11) is 0. The normalized spacial score (nSPS) is 18.4. The fourth-order valence-corrected chi connectivity index (χ4v) is 2.31. The van der Waals surface area contributed by atoms with Gasteiger partial charge in [0.2, 0.25) is 0 Å². The van der Waals surface area contributed by atoms with Gasteiger partial charge in [-0.2, -0.15) is 0 Å². The first kappa shape index (κ1) is 12.5. The molecule has 0 aliphatic heterocycles. The summed E-state index contributed by atoms with van der Waals surface area (Å²) in [6.45, 7) is 4.20. The maximum atomic E-state index is 5.70. The maximum absolute atomic E-state index is 5.70. The van der Waals surface area contributed by atoms with E-state index < -0.39 is 0 Å². The molecule has 0 aromatic rings. The molecule has 0 unspecified atom stereocenters. The molecule has 0 bridgehead atoms. The van der Waals surface area contributed by atoms with Crippen molar-refractivity contribution in [2.45, 2.75) is 51.9 Å². The molecule has 1 aliphatic rings. The predicted octanol–water partition coefficient (Wildman–Crippen LogP) is 4.15. The quantitative estimate of drug-likeness (QED) is 0.448. The van der Waals surface area contributed by atoms with Crippen LogP contribution in [0.1, 0.15) is 51.9 Å². The molecule has 1 aliphatic carbocycles. The Balaban J connectivity index is 1.80.